The molecule has 0 bridgehead atoms. The fourth-order valence-electron chi connectivity index (χ4n) is 2.03. The molecule has 0 saturated carbocycles. The number of aromatic hydroxyl groups is 1. The molecule has 76 valence electrons. The normalized spacial score (nSPS) is 19.8. The molecule has 1 fully saturated rings. The van der Waals surface area contributed by atoms with E-state index in [2.05, 4.69) is 16.8 Å². The van der Waals surface area contributed by atoms with Gasteiger partial charge in [0.1, 0.15) is 5.75 Å². The highest BCUT2D eigenvalue weighted by Crippen LogP contribution is 2.28. The zero-order chi connectivity index (χ0) is 9.97. The number of hydrogen-bond acceptors (Lipinski definition) is 3. The van der Waals surface area contributed by atoms with E-state index < -0.39 is 0 Å². The molecule has 2 rings (SSSR count). The molecular formula is C11H16N2O. The SMILES string of the molecule is CC(c1ncccc1O)N1CCCC1. The van der Waals surface area contributed by atoms with E-state index in [4.69, 9.17) is 0 Å². The maximum absolute atomic E-state index is 9.65. The molecule has 0 aliphatic carbocycles. The Morgan fingerprint density at radius 3 is 2.79 bits per heavy atom. The Hall–Kier alpha value is -1.09. The summed E-state index contributed by atoms with van der Waals surface area (Å²) in [7, 11) is 0. The van der Waals surface area contributed by atoms with Gasteiger partial charge in [0.25, 0.3) is 0 Å². The maximum atomic E-state index is 9.65. The van der Waals surface area contributed by atoms with Crippen LogP contribution in [0.5, 0.6) is 5.75 Å². The number of pyridine rings is 1. The van der Waals surface area contributed by atoms with Gasteiger partial charge in [-0.05, 0) is 45.0 Å². The predicted octanol–water partition coefficient (Wildman–Crippen LogP) is 1.94. The highest BCUT2D eigenvalue weighted by Gasteiger charge is 2.22. The smallest absolute Gasteiger partial charge is 0.138 e. The summed E-state index contributed by atoms with van der Waals surface area (Å²) in [6.45, 7) is 4.35. The topological polar surface area (TPSA) is 36.4 Å². The van der Waals surface area contributed by atoms with Crippen LogP contribution in [0.3, 0.4) is 0 Å². The summed E-state index contributed by atoms with van der Waals surface area (Å²) in [5, 5.41) is 9.65. The molecule has 14 heavy (non-hydrogen) atoms. The average molecular weight is 192 g/mol. The molecule has 1 aliphatic rings. The Bertz CT molecular complexity index is 308. The second kappa shape index (κ2) is 3.96. The summed E-state index contributed by atoms with van der Waals surface area (Å²) in [5.74, 6) is 0.312. The largest absolute Gasteiger partial charge is 0.506 e. The minimum Gasteiger partial charge on any atom is -0.506 e. The Balaban J connectivity index is 2.17. The molecular weight excluding hydrogens is 176 g/mol. The monoisotopic (exact) mass is 192 g/mol. The van der Waals surface area contributed by atoms with Crippen LogP contribution in [-0.2, 0) is 0 Å². The van der Waals surface area contributed by atoms with Crippen molar-refractivity contribution in [2.24, 2.45) is 0 Å². The van der Waals surface area contributed by atoms with Crippen LogP contribution in [0.4, 0.5) is 0 Å². The zero-order valence-electron chi connectivity index (χ0n) is 8.48. The lowest BCUT2D eigenvalue weighted by Gasteiger charge is -2.23. The molecule has 0 aromatic carbocycles. The van der Waals surface area contributed by atoms with Crippen molar-refractivity contribution in [1.29, 1.82) is 0 Å². The second-order valence-corrected chi connectivity index (χ2v) is 3.83. The standard InChI is InChI=1S/C11H16N2O/c1-9(13-7-2-3-8-13)11-10(14)5-4-6-12-11/h4-6,9,14H,2-3,7-8H2,1H3. The molecule has 0 amide bonds. The van der Waals surface area contributed by atoms with Crippen molar-refractivity contribution in [2.45, 2.75) is 25.8 Å². The zero-order valence-corrected chi connectivity index (χ0v) is 8.48. The Kier molecular flexibility index (Phi) is 2.68. The van der Waals surface area contributed by atoms with Crippen LogP contribution in [0.15, 0.2) is 18.3 Å². The summed E-state index contributed by atoms with van der Waals surface area (Å²) < 4.78 is 0. The third kappa shape index (κ3) is 1.73. The van der Waals surface area contributed by atoms with Gasteiger partial charge in [-0.1, -0.05) is 0 Å². The van der Waals surface area contributed by atoms with Gasteiger partial charge in [-0.2, -0.15) is 0 Å². The van der Waals surface area contributed by atoms with Crippen molar-refractivity contribution in [1.82, 2.24) is 9.88 Å². The fourth-order valence-corrected chi connectivity index (χ4v) is 2.03. The Morgan fingerprint density at radius 2 is 2.14 bits per heavy atom. The van der Waals surface area contributed by atoms with Gasteiger partial charge < -0.3 is 5.11 Å². The van der Waals surface area contributed by atoms with Gasteiger partial charge in [0, 0.05) is 6.20 Å². The van der Waals surface area contributed by atoms with E-state index in [0.717, 1.165) is 18.8 Å². The first-order valence-corrected chi connectivity index (χ1v) is 5.17. The number of rotatable bonds is 2. The number of aromatic nitrogens is 1. The molecule has 0 spiro atoms. The minimum atomic E-state index is 0.235. The van der Waals surface area contributed by atoms with Crippen molar-refractivity contribution in [2.75, 3.05) is 13.1 Å². The molecule has 1 N–H and O–H groups in total. The second-order valence-electron chi connectivity index (χ2n) is 3.83. The summed E-state index contributed by atoms with van der Waals surface area (Å²) in [6, 6.07) is 3.70. The number of hydrogen-bond donors (Lipinski definition) is 1. The van der Waals surface area contributed by atoms with Gasteiger partial charge in [-0.3, -0.25) is 9.88 Å². The van der Waals surface area contributed by atoms with Crippen molar-refractivity contribution in [3.8, 4) is 5.75 Å². The third-order valence-corrected chi connectivity index (χ3v) is 2.90. The summed E-state index contributed by atoms with van der Waals surface area (Å²) in [4.78, 5) is 6.59. The van der Waals surface area contributed by atoms with E-state index >= 15 is 0 Å². The Labute approximate surface area is 84.4 Å². The molecule has 3 heteroatoms. The van der Waals surface area contributed by atoms with Gasteiger partial charge in [0.15, 0.2) is 0 Å². The Morgan fingerprint density at radius 1 is 1.43 bits per heavy atom. The van der Waals surface area contributed by atoms with Gasteiger partial charge in [0.05, 0.1) is 11.7 Å². The lowest BCUT2D eigenvalue weighted by Crippen LogP contribution is -2.23. The van der Waals surface area contributed by atoms with E-state index in [9.17, 15) is 5.11 Å². The first-order chi connectivity index (χ1) is 6.79. The molecule has 1 unspecified atom stereocenters. The third-order valence-electron chi connectivity index (χ3n) is 2.90. The molecule has 1 aromatic heterocycles. The summed E-state index contributed by atoms with van der Waals surface area (Å²) in [6.07, 6.45) is 4.26. The van der Waals surface area contributed by atoms with E-state index in [1.807, 2.05) is 0 Å². The molecule has 2 heterocycles. The van der Waals surface area contributed by atoms with Gasteiger partial charge in [0.2, 0.25) is 0 Å². The molecule has 3 nitrogen and oxygen atoms in total. The van der Waals surface area contributed by atoms with E-state index in [1.54, 1.807) is 18.3 Å². The van der Waals surface area contributed by atoms with Crippen LogP contribution in [0.25, 0.3) is 0 Å². The highest BCUT2D eigenvalue weighted by molar-refractivity contribution is 5.27. The first-order valence-electron chi connectivity index (χ1n) is 5.17. The number of nitrogens with zero attached hydrogens (tertiary/aromatic N) is 2. The average Bonchev–Trinajstić information content (AvgIpc) is 2.70. The fraction of sp³-hybridized carbons (Fsp3) is 0.545. The lowest BCUT2D eigenvalue weighted by atomic mass is 10.2. The molecule has 1 saturated heterocycles. The van der Waals surface area contributed by atoms with Gasteiger partial charge in [-0.15, -0.1) is 0 Å². The lowest BCUT2D eigenvalue weighted by molar-refractivity contribution is 0.252. The summed E-state index contributed by atoms with van der Waals surface area (Å²) in [5.41, 5.74) is 0.800. The van der Waals surface area contributed by atoms with E-state index in [0.29, 0.717) is 5.75 Å². The van der Waals surface area contributed by atoms with Crippen molar-refractivity contribution in [3.63, 3.8) is 0 Å². The predicted molar refractivity (Wildman–Crippen MR) is 55.1 cm³/mol. The van der Waals surface area contributed by atoms with Crippen molar-refractivity contribution in [3.05, 3.63) is 24.0 Å². The summed E-state index contributed by atoms with van der Waals surface area (Å²) >= 11 is 0. The van der Waals surface area contributed by atoms with Crippen LogP contribution in [0.2, 0.25) is 0 Å². The van der Waals surface area contributed by atoms with E-state index in [-0.39, 0.29) is 6.04 Å². The van der Waals surface area contributed by atoms with Gasteiger partial charge >= 0.3 is 0 Å². The molecule has 0 radical (unpaired) electrons. The number of likely N-dealkylation sites (tertiary alicyclic amines) is 1. The van der Waals surface area contributed by atoms with Crippen LogP contribution in [0, 0.1) is 0 Å². The maximum Gasteiger partial charge on any atom is 0.138 e. The van der Waals surface area contributed by atoms with Crippen molar-refractivity contribution < 1.29 is 5.11 Å². The molecule has 1 atom stereocenters. The van der Waals surface area contributed by atoms with Crippen LogP contribution in [-0.4, -0.2) is 28.1 Å². The van der Waals surface area contributed by atoms with Crippen LogP contribution >= 0.6 is 0 Å². The van der Waals surface area contributed by atoms with Gasteiger partial charge in [-0.25, -0.2) is 0 Å². The van der Waals surface area contributed by atoms with Crippen LogP contribution in [0.1, 0.15) is 31.5 Å². The minimum absolute atomic E-state index is 0.235. The van der Waals surface area contributed by atoms with E-state index in [1.165, 1.54) is 12.8 Å². The highest BCUT2D eigenvalue weighted by atomic mass is 16.3. The molecule has 1 aromatic rings. The quantitative estimate of drug-likeness (QED) is 0.778. The van der Waals surface area contributed by atoms with Crippen molar-refractivity contribution >= 4 is 0 Å². The molecule has 1 aliphatic heterocycles. The first kappa shape index (κ1) is 9.46. The van der Waals surface area contributed by atoms with Crippen LogP contribution < -0.4 is 0 Å².